The van der Waals surface area contributed by atoms with Gasteiger partial charge in [0.05, 0.1) is 6.61 Å². The lowest BCUT2D eigenvalue weighted by Crippen LogP contribution is -2.41. The van der Waals surface area contributed by atoms with Gasteiger partial charge in [-0.1, -0.05) is 12.8 Å². The first-order chi connectivity index (χ1) is 7.22. The van der Waals surface area contributed by atoms with Crippen molar-refractivity contribution in [1.29, 1.82) is 0 Å². The third-order valence-corrected chi connectivity index (χ3v) is 3.14. The molecule has 1 rings (SSSR count). The summed E-state index contributed by atoms with van der Waals surface area (Å²) in [5, 5.41) is 16.0. The molecule has 1 heterocycles. The maximum absolute atomic E-state index is 8.96. The van der Waals surface area contributed by atoms with Crippen LogP contribution in [0.2, 0.25) is 0 Å². The van der Waals surface area contributed by atoms with E-state index in [2.05, 4.69) is 17.6 Å². The lowest BCUT2D eigenvalue weighted by atomic mass is 10.0. The van der Waals surface area contributed by atoms with Crippen molar-refractivity contribution in [2.24, 2.45) is 0 Å². The molecule has 0 saturated carbocycles. The van der Waals surface area contributed by atoms with Crippen molar-refractivity contribution >= 4 is 0 Å². The maximum Gasteiger partial charge on any atom is 0.0582 e. The van der Waals surface area contributed by atoms with E-state index in [1.165, 1.54) is 38.6 Å². The van der Waals surface area contributed by atoms with E-state index in [0.29, 0.717) is 12.1 Å². The van der Waals surface area contributed by atoms with Gasteiger partial charge in [-0.3, -0.25) is 0 Å². The minimum atomic E-state index is 0.214. The summed E-state index contributed by atoms with van der Waals surface area (Å²) in [6.07, 6.45) is 6.54. The van der Waals surface area contributed by atoms with Crippen LogP contribution >= 0.6 is 0 Å². The fourth-order valence-electron chi connectivity index (χ4n) is 2.34. The summed E-state index contributed by atoms with van der Waals surface area (Å²) in [4.78, 5) is 0. The van der Waals surface area contributed by atoms with Gasteiger partial charge in [0.2, 0.25) is 0 Å². The predicted molar refractivity (Wildman–Crippen MR) is 64.0 cm³/mol. The molecule has 3 N–H and O–H groups in total. The minimum absolute atomic E-state index is 0.214. The molecule has 90 valence electrons. The average Bonchev–Trinajstić information content (AvgIpc) is 2.46. The Bertz CT molecular complexity index is 156. The van der Waals surface area contributed by atoms with Gasteiger partial charge in [-0.15, -0.1) is 0 Å². The molecule has 0 spiro atoms. The molecule has 2 unspecified atom stereocenters. The summed E-state index contributed by atoms with van der Waals surface area (Å²) in [5.41, 5.74) is 0. The number of aliphatic hydroxyl groups is 1. The zero-order valence-corrected chi connectivity index (χ0v) is 10.1. The zero-order valence-electron chi connectivity index (χ0n) is 10.1. The molecule has 0 aromatic rings. The Labute approximate surface area is 93.6 Å². The molecule has 1 aliphatic rings. The van der Waals surface area contributed by atoms with Crippen LogP contribution in [0.4, 0.5) is 0 Å². The molecule has 0 radical (unpaired) electrons. The normalized spacial score (nSPS) is 27.0. The van der Waals surface area contributed by atoms with Crippen LogP contribution in [0.5, 0.6) is 0 Å². The van der Waals surface area contributed by atoms with Gasteiger partial charge in [-0.05, 0) is 39.7 Å². The molecule has 1 fully saturated rings. The molecule has 0 aliphatic carbocycles. The molecule has 0 amide bonds. The van der Waals surface area contributed by atoms with Crippen LogP contribution in [-0.2, 0) is 0 Å². The van der Waals surface area contributed by atoms with Gasteiger partial charge in [0.1, 0.15) is 0 Å². The molecule has 0 aromatic heterocycles. The van der Waals surface area contributed by atoms with Crippen LogP contribution in [0.1, 0.15) is 46.0 Å². The molecule has 15 heavy (non-hydrogen) atoms. The Kier molecular flexibility index (Phi) is 6.22. The van der Waals surface area contributed by atoms with Gasteiger partial charge in [-0.2, -0.15) is 0 Å². The van der Waals surface area contributed by atoms with E-state index in [4.69, 9.17) is 5.11 Å². The smallest absolute Gasteiger partial charge is 0.0582 e. The fraction of sp³-hybridized carbons (Fsp3) is 1.00. The van der Waals surface area contributed by atoms with Crippen molar-refractivity contribution in [2.75, 3.05) is 13.2 Å². The standard InChI is InChI=1S/C12H26N2O/c1-10(14-11(2)9-15)8-12-6-4-3-5-7-13-12/h10-15H,3-9H2,1-2H3/t10?,11-,12?/m1/s1. The van der Waals surface area contributed by atoms with E-state index < -0.39 is 0 Å². The molecular formula is C12H26N2O. The lowest BCUT2D eigenvalue weighted by molar-refractivity contribution is 0.237. The highest BCUT2D eigenvalue weighted by atomic mass is 16.3. The first-order valence-electron chi connectivity index (χ1n) is 6.32. The quantitative estimate of drug-likeness (QED) is 0.646. The fourth-order valence-corrected chi connectivity index (χ4v) is 2.34. The maximum atomic E-state index is 8.96. The Morgan fingerprint density at radius 2 is 2.07 bits per heavy atom. The topological polar surface area (TPSA) is 44.3 Å². The third-order valence-electron chi connectivity index (χ3n) is 3.14. The monoisotopic (exact) mass is 214 g/mol. The van der Waals surface area contributed by atoms with Gasteiger partial charge < -0.3 is 15.7 Å². The lowest BCUT2D eigenvalue weighted by Gasteiger charge is -2.23. The third kappa shape index (κ3) is 5.50. The molecule has 1 saturated heterocycles. The predicted octanol–water partition coefficient (Wildman–Crippen LogP) is 1.27. The first-order valence-corrected chi connectivity index (χ1v) is 6.32. The van der Waals surface area contributed by atoms with Crippen LogP contribution in [0.15, 0.2) is 0 Å². The van der Waals surface area contributed by atoms with E-state index in [-0.39, 0.29) is 12.6 Å². The Balaban J connectivity index is 2.20. The van der Waals surface area contributed by atoms with E-state index in [9.17, 15) is 0 Å². The van der Waals surface area contributed by atoms with Crippen molar-refractivity contribution in [3.63, 3.8) is 0 Å². The van der Waals surface area contributed by atoms with Crippen molar-refractivity contribution in [3.05, 3.63) is 0 Å². The molecule has 3 nitrogen and oxygen atoms in total. The van der Waals surface area contributed by atoms with Crippen molar-refractivity contribution in [1.82, 2.24) is 10.6 Å². The highest BCUT2D eigenvalue weighted by Gasteiger charge is 2.15. The summed E-state index contributed by atoms with van der Waals surface area (Å²) in [7, 11) is 0. The average molecular weight is 214 g/mol. The van der Waals surface area contributed by atoms with Crippen molar-refractivity contribution in [2.45, 2.75) is 64.1 Å². The van der Waals surface area contributed by atoms with E-state index in [0.717, 1.165) is 0 Å². The van der Waals surface area contributed by atoms with E-state index >= 15 is 0 Å². The number of hydrogen-bond donors (Lipinski definition) is 3. The molecule has 1 aliphatic heterocycles. The summed E-state index contributed by atoms with van der Waals surface area (Å²) < 4.78 is 0. The number of nitrogens with one attached hydrogen (secondary N) is 2. The Hall–Kier alpha value is -0.120. The minimum Gasteiger partial charge on any atom is -0.395 e. The Morgan fingerprint density at radius 1 is 1.27 bits per heavy atom. The van der Waals surface area contributed by atoms with Gasteiger partial charge in [0.15, 0.2) is 0 Å². The second-order valence-corrected chi connectivity index (χ2v) is 4.89. The van der Waals surface area contributed by atoms with Crippen LogP contribution < -0.4 is 10.6 Å². The van der Waals surface area contributed by atoms with Crippen molar-refractivity contribution in [3.8, 4) is 0 Å². The number of aliphatic hydroxyl groups excluding tert-OH is 1. The Morgan fingerprint density at radius 3 is 2.80 bits per heavy atom. The summed E-state index contributed by atoms with van der Waals surface area (Å²) in [6, 6.07) is 1.37. The summed E-state index contributed by atoms with van der Waals surface area (Å²) >= 11 is 0. The van der Waals surface area contributed by atoms with Crippen LogP contribution in [-0.4, -0.2) is 36.4 Å². The molecule has 0 aromatic carbocycles. The highest BCUT2D eigenvalue weighted by molar-refractivity contribution is 4.77. The van der Waals surface area contributed by atoms with E-state index in [1.807, 2.05) is 6.92 Å². The summed E-state index contributed by atoms with van der Waals surface area (Å²) in [6.45, 7) is 5.63. The second-order valence-electron chi connectivity index (χ2n) is 4.89. The molecule has 3 atom stereocenters. The van der Waals surface area contributed by atoms with Crippen LogP contribution in [0.3, 0.4) is 0 Å². The van der Waals surface area contributed by atoms with Gasteiger partial charge >= 0.3 is 0 Å². The largest absolute Gasteiger partial charge is 0.395 e. The van der Waals surface area contributed by atoms with E-state index in [1.54, 1.807) is 0 Å². The molecular weight excluding hydrogens is 188 g/mol. The van der Waals surface area contributed by atoms with Crippen molar-refractivity contribution < 1.29 is 5.11 Å². The van der Waals surface area contributed by atoms with Gasteiger partial charge in [0, 0.05) is 18.1 Å². The SMILES string of the molecule is CC(CC1CCCCCN1)N[C@H](C)CO. The zero-order chi connectivity index (χ0) is 11.1. The van der Waals surface area contributed by atoms with Gasteiger partial charge in [0.25, 0.3) is 0 Å². The van der Waals surface area contributed by atoms with Crippen LogP contribution in [0, 0.1) is 0 Å². The number of rotatable bonds is 5. The molecule has 3 heteroatoms. The first kappa shape index (κ1) is 12.9. The second kappa shape index (κ2) is 7.20. The summed E-state index contributed by atoms with van der Waals surface area (Å²) in [5.74, 6) is 0. The highest BCUT2D eigenvalue weighted by Crippen LogP contribution is 2.12. The van der Waals surface area contributed by atoms with Crippen LogP contribution in [0.25, 0.3) is 0 Å². The van der Waals surface area contributed by atoms with Gasteiger partial charge in [-0.25, -0.2) is 0 Å². The number of hydrogen-bond acceptors (Lipinski definition) is 3. The molecule has 0 bridgehead atoms.